The third kappa shape index (κ3) is 4.77. The predicted molar refractivity (Wildman–Crippen MR) is 107 cm³/mol. The number of alkyl halides is 2. The number of hydrogen-bond acceptors (Lipinski definition) is 7. The van der Waals surface area contributed by atoms with Crippen molar-refractivity contribution in [2.24, 2.45) is 0 Å². The lowest BCUT2D eigenvalue weighted by molar-refractivity contribution is -0.131. The number of tetrazole rings is 1. The van der Waals surface area contributed by atoms with E-state index in [2.05, 4.69) is 15.2 Å². The zero-order valence-electron chi connectivity index (χ0n) is 17.3. The molecule has 0 atom stereocenters. The molecule has 32 heavy (non-hydrogen) atoms. The van der Waals surface area contributed by atoms with E-state index in [9.17, 15) is 23.2 Å². The minimum Gasteiger partial charge on any atom is -0.435 e. The monoisotopic (exact) mass is 451 g/mol. The summed E-state index contributed by atoms with van der Waals surface area (Å²) in [5, 5.41) is 7.33. The van der Waals surface area contributed by atoms with Crippen LogP contribution in [0, 0.1) is 0 Å². The summed E-state index contributed by atoms with van der Waals surface area (Å²) in [5.41, 5.74) is -0.687. The van der Waals surface area contributed by atoms with Crippen LogP contribution in [0.4, 0.5) is 13.6 Å². The molecule has 0 saturated carbocycles. The number of aromatic nitrogens is 4. The number of hydrogen-bond donors (Lipinski definition) is 0. The highest BCUT2D eigenvalue weighted by Gasteiger charge is 2.28. The van der Waals surface area contributed by atoms with Crippen LogP contribution < -0.4 is 10.4 Å². The van der Waals surface area contributed by atoms with Gasteiger partial charge in [0, 0.05) is 45.3 Å². The average molecular weight is 451 g/mol. The van der Waals surface area contributed by atoms with Crippen molar-refractivity contribution in [1.29, 1.82) is 0 Å². The Kier molecular flexibility index (Phi) is 6.44. The maximum absolute atomic E-state index is 12.8. The van der Waals surface area contributed by atoms with E-state index in [1.807, 2.05) is 9.80 Å². The van der Waals surface area contributed by atoms with Gasteiger partial charge < -0.3 is 14.5 Å². The lowest BCUT2D eigenvalue weighted by atomic mass is 10.3. The maximum atomic E-state index is 12.8. The lowest BCUT2D eigenvalue weighted by Gasteiger charge is -2.34. The Labute approximate surface area is 181 Å². The molecule has 2 aliphatic heterocycles. The SMILES string of the molecule is O=C(CN1CCN(C(=O)n2nnn(-c3cccc(OC(F)F)c3)c2=O)CC1)N1CCCC1. The van der Waals surface area contributed by atoms with Crippen LogP contribution in [0.5, 0.6) is 5.75 Å². The summed E-state index contributed by atoms with van der Waals surface area (Å²) < 4.78 is 30.6. The topological polar surface area (TPSA) is 106 Å². The number of carbonyl (C=O) groups is 2. The first-order valence-corrected chi connectivity index (χ1v) is 10.3. The molecule has 3 heterocycles. The molecule has 4 rings (SSSR count). The average Bonchev–Trinajstić information content (AvgIpc) is 3.44. The van der Waals surface area contributed by atoms with Gasteiger partial charge in [-0.3, -0.25) is 9.69 Å². The van der Waals surface area contributed by atoms with Crippen molar-refractivity contribution in [1.82, 2.24) is 34.5 Å². The number of ether oxygens (including phenoxy) is 1. The molecule has 0 N–H and O–H groups in total. The first kappa shape index (κ1) is 21.9. The molecule has 2 amide bonds. The molecule has 172 valence electrons. The number of amides is 2. The van der Waals surface area contributed by atoms with Gasteiger partial charge in [-0.25, -0.2) is 9.59 Å². The van der Waals surface area contributed by atoms with Crippen LogP contribution in [-0.2, 0) is 4.79 Å². The quantitative estimate of drug-likeness (QED) is 0.600. The molecular weight excluding hydrogens is 428 g/mol. The normalized spacial score (nSPS) is 17.2. The second-order valence-electron chi connectivity index (χ2n) is 7.59. The highest BCUT2D eigenvalue weighted by molar-refractivity contribution is 5.78. The summed E-state index contributed by atoms with van der Waals surface area (Å²) in [4.78, 5) is 43.0. The zero-order chi connectivity index (χ0) is 22.7. The van der Waals surface area contributed by atoms with Gasteiger partial charge >= 0.3 is 18.3 Å². The summed E-state index contributed by atoms with van der Waals surface area (Å²) in [5.74, 6) is -0.0515. The Hall–Kier alpha value is -3.35. The number of likely N-dealkylation sites (tertiary alicyclic amines) is 1. The van der Waals surface area contributed by atoms with Gasteiger partial charge in [-0.15, -0.1) is 4.68 Å². The van der Waals surface area contributed by atoms with Crippen LogP contribution in [-0.4, -0.2) is 98.9 Å². The van der Waals surface area contributed by atoms with E-state index in [0.717, 1.165) is 30.6 Å². The van der Waals surface area contributed by atoms with Crippen LogP contribution in [0.1, 0.15) is 12.8 Å². The molecule has 2 saturated heterocycles. The Morgan fingerprint density at radius 2 is 1.72 bits per heavy atom. The molecule has 1 aromatic carbocycles. The van der Waals surface area contributed by atoms with Crippen molar-refractivity contribution < 1.29 is 23.1 Å². The Bertz CT molecular complexity index is 1030. The second kappa shape index (κ2) is 9.42. The van der Waals surface area contributed by atoms with Crippen LogP contribution in [0.25, 0.3) is 5.69 Å². The standard InChI is InChI=1S/C19H23F2N7O4/c20-17(21)32-15-5-3-4-14(12-15)27-19(31)28(23-22-27)18(30)26-10-8-24(9-11-26)13-16(29)25-6-1-2-7-25/h3-5,12,17H,1-2,6-11,13H2. The van der Waals surface area contributed by atoms with Gasteiger partial charge in [0.15, 0.2) is 0 Å². The Morgan fingerprint density at radius 3 is 2.41 bits per heavy atom. The maximum Gasteiger partial charge on any atom is 0.387 e. The number of rotatable bonds is 5. The number of halogens is 2. The fourth-order valence-corrected chi connectivity index (χ4v) is 3.81. The highest BCUT2D eigenvalue weighted by atomic mass is 19.3. The molecule has 2 fully saturated rings. The van der Waals surface area contributed by atoms with Gasteiger partial charge in [0.25, 0.3) is 0 Å². The van der Waals surface area contributed by atoms with E-state index in [4.69, 9.17) is 0 Å². The minimum atomic E-state index is -3.01. The number of piperazine rings is 1. The predicted octanol–water partition coefficient (Wildman–Crippen LogP) is 0.239. The van der Waals surface area contributed by atoms with Crippen molar-refractivity contribution >= 4 is 11.9 Å². The molecule has 0 radical (unpaired) electrons. The molecule has 2 aliphatic rings. The highest BCUT2D eigenvalue weighted by Crippen LogP contribution is 2.17. The van der Waals surface area contributed by atoms with E-state index >= 15 is 0 Å². The molecule has 11 nitrogen and oxygen atoms in total. The molecular formula is C19H23F2N7O4. The van der Waals surface area contributed by atoms with Gasteiger partial charge in [0.1, 0.15) is 5.75 Å². The molecule has 0 spiro atoms. The van der Waals surface area contributed by atoms with Crippen molar-refractivity contribution in [2.45, 2.75) is 19.5 Å². The fourth-order valence-electron chi connectivity index (χ4n) is 3.81. The van der Waals surface area contributed by atoms with Gasteiger partial charge in [0.2, 0.25) is 5.91 Å². The second-order valence-corrected chi connectivity index (χ2v) is 7.59. The molecule has 13 heteroatoms. The summed E-state index contributed by atoms with van der Waals surface area (Å²) in [6.07, 6.45) is 2.07. The van der Waals surface area contributed by atoms with Gasteiger partial charge in [-0.2, -0.15) is 13.5 Å². The smallest absolute Gasteiger partial charge is 0.387 e. The van der Waals surface area contributed by atoms with Crippen LogP contribution in [0.2, 0.25) is 0 Å². The minimum absolute atomic E-state index is 0.0968. The number of nitrogens with zero attached hydrogens (tertiary/aromatic N) is 7. The lowest BCUT2D eigenvalue weighted by Crippen LogP contribution is -2.53. The largest absolute Gasteiger partial charge is 0.435 e. The van der Waals surface area contributed by atoms with Gasteiger partial charge in [0.05, 0.1) is 12.2 Å². The van der Waals surface area contributed by atoms with Crippen LogP contribution in [0.15, 0.2) is 29.1 Å². The van der Waals surface area contributed by atoms with Crippen molar-refractivity contribution in [3.8, 4) is 11.4 Å². The first-order valence-electron chi connectivity index (χ1n) is 10.3. The van der Waals surface area contributed by atoms with Gasteiger partial charge in [-0.05, 0) is 35.4 Å². The third-order valence-electron chi connectivity index (χ3n) is 5.51. The van der Waals surface area contributed by atoms with Crippen molar-refractivity contribution in [3.63, 3.8) is 0 Å². The molecule has 0 unspecified atom stereocenters. The van der Waals surface area contributed by atoms with Gasteiger partial charge in [-0.1, -0.05) is 6.07 Å². The summed E-state index contributed by atoms with van der Waals surface area (Å²) in [6, 6.07) is 4.76. The van der Waals surface area contributed by atoms with E-state index in [1.54, 1.807) is 0 Å². The fraction of sp³-hybridized carbons (Fsp3) is 0.526. The summed E-state index contributed by atoms with van der Waals surface area (Å²) in [7, 11) is 0. The first-order chi connectivity index (χ1) is 15.4. The Balaban J connectivity index is 1.38. The van der Waals surface area contributed by atoms with Crippen LogP contribution >= 0.6 is 0 Å². The van der Waals surface area contributed by atoms with Crippen molar-refractivity contribution in [3.05, 3.63) is 34.7 Å². The zero-order valence-corrected chi connectivity index (χ0v) is 17.3. The third-order valence-corrected chi connectivity index (χ3v) is 5.51. The Morgan fingerprint density at radius 1 is 1.00 bits per heavy atom. The molecule has 0 bridgehead atoms. The molecule has 2 aromatic rings. The van der Waals surface area contributed by atoms with Crippen LogP contribution in [0.3, 0.4) is 0 Å². The van der Waals surface area contributed by atoms with Crippen molar-refractivity contribution in [2.75, 3.05) is 45.8 Å². The molecule has 0 aliphatic carbocycles. The summed E-state index contributed by atoms with van der Waals surface area (Å²) >= 11 is 0. The molecule has 1 aromatic heterocycles. The summed E-state index contributed by atoms with van der Waals surface area (Å²) in [6.45, 7) is 0.577. The van der Waals surface area contributed by atoms with E-state index < -0.39 is 18.3 Å². The number of benzene rings is 1. The van der Waals surface area contributed by atoms with E-state index in [-0.39, 0.29) is 17.3 Å². The van der Waals surface area contributed by atoms with E-state index in [0.29, 0.717) is 37.4 Å². The van der Waals surface area contributed by atoms with E-state index in [1.165, 1.54) is 29.2 Å². The number of carbonyl (C=O) groups excluding carboxylic acids is 2.